The molecule has 2 aromatic rings. The van der Waals surface area contributed by atoms with E-state index in [0.717, 1.165) is 0 Å². The molecule has 0 aromatic heterocycles. The Morgan fingerprint density at radius 1 is 0.760 bits per heavy atom. The second kappa shape index (κ2) is 13.4. The molecule has 2 aromatic carbocycles. The molecule has 2 saturated heterocycles. The first-order valence-corrected chi connectivity index (χ1v) is 19.8. The molecular formula is C35H46N4O10Si. The van der Waals surface area contributed by atoms with E-state index < -0.39 is 26.5 Å². The van der Waals surface area contributed by atoms with E-state index in [4.69, 9.17) is 23.4 Å². The average Bonchev–Trinajstić information content (AvgIpc) is 3.62. The predicted octanol–water partition coefficient (Wildman–Crippen LogP) is 3.64. The molecule has 4 atom stereocenters. The molecule has 270 valence electrons. The number of nitrogens with one attached hydrogen (secondary N) is 2. The summed E-state index contributed by atoms with van der Waals surface area (Å²) in [6.07, 6.45) is 0.0588. The van der Waals surface area contributed by atoms with Gasteiger partial charge in [0.2, 0.25) is 11.8 Å². The van der Waals surface area contributed by atoms with Gasteiger partial charge in [0.25, 0.3) is 11.8 Å². The third-order valence-corrected chi connectivity index (χ3v) is 14.9. The van der Waals surface area contributed by atoms with Crippen molar-refractivity contribution in [3.05, 3.63) is 35.4 Å². The largest absolute Gasteiger partial charge is 0.493 e. The molecular weight excluding hydrogens is 664 g/mol. The number of hydrogen-bond acceptors (Lipinski definition) is 10. The van der Waals surface area contributed by atoms with E-state index in [2.05, 4.69) is 44.5 Å². The van der Waals surface area contributed by atoms with Crippen molar-refractivity contribution in [1.29, 1.82) is 0 Å². The number of rotatable bonds is 10. The fraction of sp³-hybridized carbons (Fsp3) is 0.543. The molecule has 2 fully saturated rings. The fourth-order valence-electron chi connectivity index (χ4n) is 6.63. The second-order valence-corrected chi connectivity index (χ2v) is 19.5. The molecule has 0 unspecified atom stereocenters. The Labute approximate surface area is 292 Å². The van der Waals surface area contributed by atoms with Gasteiger partial charge < -0.3 is 48.9 Å². The normalized spacial score (nSPS) is 23.2. The SMILES string of the molecule is COc1cc2c(cc1OCCCOc1cc3c(cc1OC)C(=O)N1C[C@H](O[Si](C)(C)C(C)(C)C)C[C@H]1C(=O)N3)NC(=O)[C@@H]1C[C@@H](O)CN1C2=O. The van der Waals surface area contributed by atoms with Gasteiger partial charge in [-0.3, -0.25) is 19.2 Å². The van der Waals surface area contributed by atoms with Crippen LogP contribution in [0.3, 0.4) is 0 Å². The number of aliphatic hydroxyl groups excluding tert-OH is 1. The van der Waals surface area contributed by atoms with Crippen LogP contribution < -0.4 is 29.6 Å². The number of hydrogen-bond donors (Lipinski definition) is 3. The van der Waals surface area contributed by atoms with Crippen molar-refractivity contribution in [2.24, 2.45) is 0 Å². The van der Waals surface area contributed by atoms with Gasteiger partial charge in [-0.15, -0.1) is 0 Å². The van der Waals surface area contributed by atoms with Crippen molar-refractivity contribution < 1.29 is 47.7 Å². The average molecular weight is 711 g/mol. The number of carbonyl (C=O) groups excluding carboxylic acids is 4. The highest BCUT2D eigenvalue weighted by atomic mass is 28.4. The lowest BCUT2D eigenvalue weighted by Crippen LogP contribution is -2.44. The molecule has 0 saturated carbocycles. The van der Waals surface area contributed by atoms with Crippen LogP contribution in [0, 0.1) is 0 Å². The van der Waals surface area contributed by atoms with E-state index in [1.807, 2.05) is 0 Å². The zero-order valence-electron chi connectivity index (χ0n) is 29.6. The molecule has 4 amide bonds. The van der Waals surface area contributed by atoms with E-state index in [9.17, 15) is 24.3 Å². The van der Waals surface area contributed by atoms with Gasteiger partial charge in [0, 0.05) is 44.5 Å². The summed E-state index contributed by atoms with van der Waals surface area (Å²) in [4.78, 5) is 56.1. The van der Waals surface area contributed by atoms with Crippen molar-refractivity contribution in [2.75, 3.05) is 51.2 Å². The number of nitrogens with zero attached hydrogens (tertiary/aromatic N) is 2. The van der Waals surface area contributed by atoms with Gasteiger partial charge in [-0.05, 0) is 30.3 Å². The molecule has 4 aliphatic rings. The third-order valence-electron chi connectivity index (χ3n) is 10.3. The van der Waals surface area contributed by atoms with Crippen LogP contribution in [-0.2, 0) is 14.0 Å². The standard InChI is InChI=1S/C35H46N4O10Si/c1-35(2,3)50(6,7)49-20-12-26-32(42)37-24-16-30(28(46-5)14-22(24)34(44)39(26)18-20)48-10-8-9-47-29-15-23-21(13-27(29)45-4)33(43)38-17-19(40)11-25(38)31(41)36-23/h13-16,19-20,25-26,40H,8-12,17-18H2,1-7H3,(H,36,41)(H,37,42)/t19-,20-,25+,26+/m1/s1. The highest BCUT2D eigenvalue weighted by Crippen LogP contribution is 2.42. The van der Waals surface area contributed by atoms with E-state index in [0.29, 0.717) is 59.3 Å². The number of methoxy groups -OCH3 is 2. The lowest BCUT2D eigenvalue weighted by molar-refractivity contribution is -0.120. The summed E-state index contributed by atoms with van der Waals surface area (Å²) < 4.78 is 29.6. The molecule has 4 heterocycles. The highest BCUT2D eigenvalue weighted by molar-refractivity contribution is 6.74. The lowest BCUT2D eigenvalue weighted by atomic mass is 10.1. The molecule has 15 heteroatoms. The van der Waals surface area contributed by atoms with E-state index in [1.165, 1.54) is 25.2 Å². The minimum atomic E-state index is -2.10. The summed E-state index contributed by atoms with van der Waals surface area (Å²) in [5.41, 5.74) is 1.23. The quantitative estimate of drug-likeness (QED) is 0.245. The fourth-order valence-corrected chi connectivity index (χ4v) is 7.98. The molecule has 50 heavy (non-hydrogen) atoms. The second-order valence-electron chi connectivity index (χ2n) is 14.7. The van der Waals surface area contributed by atoms with Gasteiger partial charge in [0.1, 0.15) is 12.1 Å². The predicted molar refractivity (Wildman–Crippen MR) is 186 cm³/mol. The number of fused-ring (bicyclic) bond motifs is 4. The minimum absolute atomic E-state index is 0.000423. The summed E-state index contributed by atoms with van der Waals surface area (Å²) in [6.45, 7) is 11.6. The molecule has 0 bridgehead atoms. The van der Waals surface area contributed by atoms with Crippen LogP contribution >= 0.6 is 0 Å². The number of benzene rings is 2. The maximum absolute atomic E-state index is 13.8. The van der Waals surface area contributed by atoms with E-state index in [-0.39, 0.29) is 66.5 Å². The zero-order valence-corrected chi connectivity index (χ0v) is 30.6. The van der Waals surface area contributed by atoms with Crippen molar-refractivity contribution in [2.45, 2.75) is 82.5 Å². The summed E-state index contributed by atoms with van der Waals surface area (Å²) in [7, 11) is 0.840. The van der Waals surface area contributed by atoms with Gasteiger partial charge >= 0.3 is 0 Å². The molecule has 0 spiro atoms. The van der Waals surface area contributed by atoms with Crippen LogP contribution in [0.4, 0.5) is 11.4 Å². The van der Waals surface area contributed by atoms with Crippen LogP contribution in [0.2, 0.25) is 18.1 Å². The summed E-state index contributed by atoms with van der Waals surface area (Å²) in [6, 6.07) is 4.90. The van der Waals surface area contributed by atoms with Crippen molar-refractivity contribution in [3.8, 4) is 23.0 Å². The first-order valence-electron chi connectivity index (χ1n) is 16.9. The first kappa shape index (κ1) is 35.5. The number of anilines is 2. The summed E-state index contributed by atoms with van der Waals surface area (Å²) in [5, 5.41) is 15.7. The maximum atomic E-state index is 13.8. The molecule has 4 aliphatic heterocycles. The Morgan fingerprint density at radius 3 is 1.72 bits per heavy atom. The molecule has 6 rings (SSSR count). The van der Waals surface area contributed by atoms with Gasteiger partial charge in [0.05, 0.1) is 62.1 Å². The van der Waals surface area contributed by atoms with Crippen molar-refractivity contribution >= 4 is 43.3 Å². The summed E-state index contributed by atoms with van der Waals surface area (Å²) >= 11 is 0. The van der Waals surface area contributed by atoms with Gasteiger partial charge in [-0.2, -0.15) is 0 Å². The van der Waals surface area contributed by atoms with Crippen LogP contribution in [0.5, 0.6) is 23.0 Å². The lowest BCUT2D eigenvalue weighted by Gasteiger charge is -2.38. The van der Waals surface area contributed by atoms with Gasteiger partial charge in [-0.1, -0.05) is 20.8 Å². The first-order chi connectivity index (χ1) is 23.6. The Morgan fingerprint density at radius 2 is 1.24 bits per heavy atom. The Kier molecular flexibility index (Phi) is 9.52. The van der Waals surface area contributed by atoms with Gasteiger partial charge in [0.15, 0.2) is 31.3 Å². The third kappa shape index (κ3) is 6.61. The van der Waals surface area contributed by atoms with Crippen LogP contribution in [0.1, 0.15) is 60.7 Å². The zero-order chi connectivity index (χ0) is 36.1. The molecule has 0 aliphatic carbocycles. The van der Waals surface area contributed by atoms with Gasteiger partial charge in [-0.25, -0.2) is 0 Å². The topological polar surface area (TPSA) is 165 Å². The molecule has 14 nitrogen and oxygen atoms in total. The monoisotopic (exact) mass is 710 g/mol. The van der Waals surface area contributed by atoms with Crippen molar-refractivity contribution in [1.82, 2.24) is 9.80 Å². The smallest absolute Gasteiger partial charge is 0.256 e. The Bertz CT molecular complexity index is 1710. The number of aliphatic hydroxyl groups is 1. The van der Waals surface area contributed by atoms with Crippen molar-refractivity contribution in [3.63, 3.8) is 0 Å². The number of carbonyl (C=O) groups is 4. The highest BCUT2D eigenvalue weighted by Gasteiger charge is 2.47. The van der Waals surface area contributed by atoms with Crippen LogP contribution in [0.15, 0.2) is 24.3 Å². The molecule has 0 radical (unpaired) electrons. The van der Waals surface area contributed by atoms with Crippen LogP contribution in [-0.4, -0.2) is 112 Å². The van der Waals surface area contributed by atoms with E-state index in [1.54, 1.807) is 23.1 Å². The molecule has 3 N–H and O–H groups in total. The summed E-state index contributed by atoms with van der Waals surface area (Å²) in [5.74, 6) is 0.0772. The van der Waals surface area contributed by atoms with E-state index >= 15 is 0 Å². The maximum Gasteiger partial charge on any atom is 0.256 e. The number of ether oxygens (including phenoxy) is 4. The Hall–Kier alpha value is -4.34. The minimum Gasteiger partial charge on any atom is -0.493 e. The number of amides is 4. The van der Waals surface area contributed by atoms with Crippen LogP contribution in [0.25, 0.3) is 0 Å². The Balaban J connectivity index is 1.10.